The third-order valence-corrected chi connectivity index (χ3v) is 5.52. The summed E-state index contributed by atoms with van der Waals surface area (Å²) in [7, 11) is 0. The molecule has 0 unspecified atom stereocenters. The van der Waals surface area contributed by atoms with Crippen LogP contribution in [0.5, 0.6) is 0 Å². The molecule has 1 aromatic rings. The lowest BCUT2D eigenvalue weighted by molar-refractivity contribution is 0.209. The molecule has 0 amide bonds. The maximum absolute atomic E-state index is 9.30. The number of aryl methyl sites for hydroxylation is 2. The number of hydrogen-bond donors (Lipinski definition) is 0. The molecular weight excluding hydrogens is 252 g/mol. The maximum Gasteiger partial charge on any atom is 0.104 e. The van der Waals surface area contributed by atoms with E-state index in [0.29, 0.717) is 0 Å². The highest BCUT2D eigenvalue weighted by Gasteiger charge is 2.33. The number of hydrogen-bond acceptors (Lipinski definition) is 3. The van der Waals surface area contributed by atoms with Gasteiger partial charge in [-0.1, -0.05) is 18.2 Å². The summed E-state index contributed by atoms with van der Waals surface area (Å²) in [5.74, 6) is 0. The van der Waals surface area contributed by atoms with Crippen molar-refractivity contribution in [1.29, 1.82) is 5.26 Å². The quantitative estimate of drug-likeness (QED) is 0.844. The molecule has 1 aliphatic rings. The predicted octanol–water partition coefficient (Wildman–Crippen LogP) is 3.52. The van der Waals surface area contributed by atoms with Gasteiger partial charge in [-0.2, -0.15) is 5.26 Å². The van der Waals surface area contributed by atoms with Crippen LogP contribution in [0.25, 0.3) is 0 Å². The highest BCUT2D eigenvalue weighted by atomic mass is 32.2. The van der Waals surface area contributed by atoms with Crippen molar-refractivity contribution in [3.63, 3.8) is 0 Å². The molecule has 0 N–H and O–H groups in total. The van der Waals surface area contributed by atoms with Crippen LogP contribution < -0.4 is 0 Å². The van der Waals surface area contributed by atoms with Crippen molar-refractivity contribution in [3.05, 3.63) is 34.9 Å². The zero-order chi connectivity index (χ0) is 13.9. The summed E-state index contributed by atoms with van der Waals surface area (Å²) in [5, 5.41) is 9.30. The van der Waals surface area contributed by atoms with E-state index in [9.17, 15) is 5.26 Å². The van der Waals surface area contributed by atoms with Gasteiger partial charge in [0.25, 0.3) is 0 Å². The van der Waals surface area contributed by atoms with Crippen molar-refractivity contribution in [1.82, 2.24) is 4.90 Å². The second kappa shape index (κ2) is 5.98. The van der Waals surface area contributed by atoms with Crippen LogP contribution in [0.1, 0.15) is 29.5 Å². The fourth-order valence-corrected chi connectivity index (χ4v) is 3.28. The summed E-state index contributed by atoms with van der Waals surface area (Å²) >= 11 is 1.72. The number of piperidine rings is 1. The zero-order valence-electron chi connectivity index (χ0n) is 12.1. The predicted molar refractivity (Wildman–Crippen MR) is 82.3 cm³/mol. The second-order valence-electron chi connectivity index (χ2n) is 5.50. The lowest BCUT2D eigenvalue weighted by Gasteiger charge is -2.36. The average molecular weight is 274 g/mol. The van der Waals surface area contributed by atoms with E-state index in [1.807, 2.05) is 0 Å². The molecule has 1 saturated heterocycles. The lowest BCUT2D eigenvalue weighted by Crippen LogP contribution is -2.41. The normalized spacial score (nSPS) is 19.1. The van der Waals surface area contributed by atoms with Gasteiger partial charge in [-0.15, -0.1) is 11.8 Å². The van der Waals surface area contributed by atoms with Crippen LogP contribution in [0.15, 0.2) is 18.2 Å². The second-order valence-corrected chi connectivity index (χ2v) is 6.69. The number of likely N-dealkylation sites (tertiary alicyclic amines) is 1. The van der Waals surface area contributed by atoms with E-state index < -0.39 is 0 Å². The molecule has 0 saturated carbocycles. The summed E-state index contributed by atoms with van der Waals surface area (Å²) in [6.45, 7) is 7.39. The van der Waals surface area contributed by atoms with Crippen LogP contribution in [-0.2, 0) is 6.54 Å². The van der Waals surface area contributed by atoms with E-state index in [1.165, 1.54) is 16.7 Å². The van der Waals surface area contributed by atoms with Crippen LogP contribution >= 0.6 is 11.8 Å². The molecule has 0 aromatic heterocycles. The molecular formula is C16H22N2S. The molecule has 0 atom stereocenters. The molecule has 3 heteroatoms. The molecule has 2 rings (SSSR count). The van der Waals surface area contributed by atoms with E-state index in [0.717, 1.165) is 32.5 Å². The monoisotopic (exact) mass is 274 g/mol. The first-order chi connectivity index (χ1) is 9.08. The van der Waals surface area contributed by atoms with Crippen molar-refractivity contribution >= 4 is 11.8 Å². The van der Waals surface area contributed by atoms with Gasteiger partial charge in [0.15, 0.2) is 0 Å². The van der Waals surface area contributed by atoms with Crippen LogP contribution in [0, 0.1) is 25.2 Å². The van der Waals surface area contributed by atoms with Crippen LogP contribution in [-0.4, -0.2) is 29.0 Å². The molecule has 102 valence electrons. The Morgan fingerprint density at radius 1 is 1.26 bits per heavy atom. The Morgan fingerprint density at radius 3 is 2.47 bits per heavy atom. The van der Waals surface area contributed by atoms with Crippen LogP contribution in [0.2, 0.25) is 0 Å². The Bertz CT molecular complexity index is 482. The standard InChI is InChI=1S/C16H22N2S/c1-13-4-5-15(10-14(13)2)11-18-8-6-16(12-17,19-3)7-9-18/h4-5,10H,6-9,11H2,1-3H3. The smallest absolute Gasteiger partial charge is 0.104 e. The minimum absolute atomic E-state index is 0.139. The lowest BCUT2D eigenvalue weighted by atomic mass is 9.96. The van der Waals surface area contributed by atoms with E-state index in [-0.39, 0.29) is 4.75 Å². The highest BCUT2D eigenvalue weighted by molar-refractivity contribution is 8.00. The summed E-state index contributed by atoms with van der Waals surface area (Å²) in [6, 6.07) is 9.22. The third-order valence-electron chi connectivity index (χ3n) is 4.24. The fraction of sp³-hybridized carbons (Fsp3) is 0.562. The van der Waals surface area contributed by atoms with Gasteiger partial charge >= 0.3 is 0 Å². The van der Waals surface area contributed by atoms with Gasteiger partial charge in [-0.05, 0) is 49.6 Å². The van der Waals surface area contributed by atoms with Gasteiger partial charge in [0.1, 0.15) is 4.75 Å². The molecule has 0 aliphatic carbocycles. The first kappa shape index (κ1) is 14.4. The molecule has 19 heavy (non-hydrogen) atoms. The van der Waals surface area contributed by atoms with E-state index in [1.54, 1.807) is 11.8 Å². The first-order valence-electron chi connectivity index (χ1n) is 6.83. The molecule has 0 spiro atoms. The molecule has 1 fully saturated rings. The number of rotatable bonds is 3. The van der Waals surface area contributed by atoms with Gasteiger partial charge in [0.2, 0.25) is 0 Å². The van der Waals surface area contributed by atoms with Gasteiger partial charge in [0.05, 0.1) is 6.07 Å². The molecule has 0 radical (unpaired) electrons. The summed E-state index contributed by atoms with van der Waals surface area (Å²) < 4.78 is -0.139. The summed E-state index contributed by atoms with van der Waals surface area (Å²) in [5.41, 5.74) is 4.11. The Morgan fingerprint density at radius 2 is 1.95 bits per heavy atom. The molecule has 1 aromatic carbocycles. The van der Waals surface area contributed by atoms with E-state index in [4.69, 9.17) is 0 Å². The Labute approximate surface area is 120 Å². The minimum atomic E-state index is -0.139. The Balaban J connectivity index is 1.96. The summed E-state index contributed by atoms with van der Waals surface area (Å²) in [6.07, 6.45) is 4.02. The topological polar surface area (TPSA) is 27.0 Å². The van der Waals surface area contributed by atoms with Crippen molar-refractivity contribution in [2.75, 3.05) is 19.3 Å². The van der Waals surface area contributed by atoms with Gasteiger partial charge < -0.3 is 0 Å². The number of nitriles is 1. The van der Waals surface area contributed by atoms with Crippen molar-refractivity contribution in [3.8, 4) is 6.07 Å². The Kier molecular flexibility index (Phi) is 4.54. The fourth-order valence-electron chi connectivity index (χ4n) is 2.59. The minimum Gasteiger partial charge on any atom is -0.299 e. The van der Waals surface area contributed by atoms with Gasteiger partial charge in [-0.25, -0.2) is 0 Å². The van der Waals surface area contributed by atoms with Crippen molar-refractivity contribution < 1.29 is 0 Å². The van der Waals surface area contributed by atoms with E-state index in [2.05, 4.69) is 49.3 Å². The number of thioether (sulfide) groups is 1. The van der Waals surface area contributed by atoms with Crippen molar-refractivity contribution in [2.45, 2.75) is 38.0 Å². The molecule has 1 aliphatic heterocycles. The molecule has 1 heterocycles. The van der Waals surface area contributed by atoms with Crippen molar-refractivity contribution in [2.24, 2.45) is 0 Å². The van der Waals surface area contributed by atoms with Crippen LogP contribution in [0.4, 0.5) is 0 Å². The molecule has 2 nitrogen and oxygen atoms in total. The van der Waals surface area contributed by atoms with E-state index >= 15 is 0 Å². The van der Waals surface area contributed by atoms with Crippen LogP contribution in [0.3, 0.4) is 0 Å². The number of nitrogens with zero attached hydrogens (tertiary/aromatic N) is 2. The molecule has 0 bridgehead atoms. The van der Waals surface area contributed by atoms with Gasteiger partial charge in [0, 0.05) is 19.6 Å². The summed E-state index contributed by atoms with van der Waals surface area (Å²) in [4.78, 5) is 2.47. The average Bonchev–Trinajstić information content (AvgIpc) is 2.44. The first-order valence-corrected chi connectivity index (χ1v) is 8.06. The zero-order valence-corrected chi connectivity index (χ0v) is 12.9. The highest BCUT2D eigenvalue weighted by Crippen LogP contribution is 2.34. The maximum atomic E-state index is 9.30. The largest absolute Gasteiger partial charge is 0.299 e. The third kappa shape index (κ3) is 3.32. The Hall–Kier alpha value is -0.980. The van der Waals surface area contributed by atoms with Gasteiger partial charge in [-0.3, -0.25) is 4.90 Å². The SMILES string of the molecule is CSC1(C#N)CCN(Cc2ccc(C)c(C)c2)CC1. The number of benzene rings is 1.